The number of nitrogens with one attached hydrogen (secondary N) is 2. The molecule has 4 nitrogen and oxygen atoms in total. The first-order valence-corrected chi connectivity index (χ1v) is 9.30. The lowest BCUT2D eigenvalue weighted by Crippen LogP contribution is -2.13. The number of thiophene rings is 1. The first-order valence-electron chi connectivity index (χ1n) is 6.18. The first-order chi connectivity index (χ1) is 9.92. The summed E-state index contributed by atoms with van der Waals surface area (Å²) in [6, 6.07) is 6.25. The minimum Gasteiger partial charge on any atom is -0.312 e. The highest BCUT2D eigenvalue weighted by atomic mass is 35.5. The maximum Gasteiger partial charge on any atom is 0.262 e. The van der Waals surface area contributed by atoms with E-state index in [1.807, 2.05) is 6.92 Å². The molecule has 0 bridgehead atoms. The van der Waals surface area contributed by atoms with Gasteiger partial charge in [0.1, 0.15) is 0 Å². The lowest BCUT2D eigenvalue weighted by molar-refractivity contribution is 0.601. The van der Waals surface area contributed by atoms with Crippen LogP contribution in [0.5, 0.6) is 0 Å². The van der Waals surface area contributed by atoms with Gasteiger partial charge in [0, 0.05) is 16.8 Å². The van der Waals surface area contributed by atoms with E-state index in [1.54, 1.807) is 23.6 Å². The van der Waals surface area contributed by atoms with Crippen molar-refractivity contribution in [1.82, 2.24) is 5.32 Å². The largest absolute Gasteiger partial charge is 0.312 e. The Morgan fingerprint density at radius 3 is 2.62 bits per heavy atom. The van der Waals surface area contributed by atoms with E-state index in [1.165, 1.54) is 17.4 Å². The summed E-state index contributed by atoms with van der Waals surface area (Å²) in [5.41, 5.74) is 0.379. The molecule has 0 amide bonds. The van der Waals surface area contributed by atoms with E-state index in [0.29, 0.717) is 22.3 Å². The number of anilines is 1. The number of rotatable bonds is 6. The predicted molar refractivity (Wildman–Crippen MR) is 89.0 cm³/mol. The van der Waals surface area contributed by atoms with E-state index in [0.717, 1.165) is 11.4 Å². The van der Waals surface area contributed by atoms with Crippen molar-refractivity contribution in [2.45, 2.75) is 18.4 Å². The molecule has 0 saturated carbocycles. The minimum absolute atomic E-state index is 0.242. The third kappa shape index (κ3) is 4.34. The second kappa shape index (κ2) is 6.98. The highest BCUT2D eigenvalue weighted by Crippen LogP contribution is 2.27. The van der Waals surface area contributed by atoms with Gasteiger partial charge in [0.2, 0.25) is 0 Å². The summed E-state index contributed by atoms with van der Waals surface area (Å²) in [7, 11) is -3.62. The molecule has 0 spiro atoms. The fourth-order valence-electron chi connectivity index (χ4n) is 1.62. The quantitative estimate of drug-likeness (QED) is 0.815. The Kier molecular flexibility index (Phi) is 5.51. The van der Waals surface area contributed by atoms with Crippen molar-refractivity contribution in [2.75, 3.05) is 11.3 Å². The van der Waals surface area contributed by atoms with Crippen LogP contribution in [0, 0.1) is 0 Å². The van der Waals surface area contributed by atoms with E-state index >= 15 is 0 Å². The van der Waals surface area contributed by atoms with E-state index in [-0.39, 0.29) is 4.90 Å². The highest BCUT2D eigenvalue weighted by molar-refractivity contribution is 7.92. The van der Waals surface area contributed by atoms with Crippen molar-refractivity contribution in [3.63, 3.8) is 0 Å². The predicted octanol–water partition coefficient (Wildman–Crippen LogP) is 3.97. The third-order valence-corrected chi connectivity index (χ3v) is 5.85. The topological polar surface area (TPSA) is 58.2 Å². The molecule has 1 aromatic heterocycles. The lowest BCUT2D eigenvalue weighted by Gasteiger charge is -2.07. The average Bonchev–Trinajstić information content (AvgIpc) is 2.90. The molecule has 114 valence electrons. The molecule has 0 unspecified atom stereocenters. The van der Waals surface area contributed by atoms with Gasteiger partial charge in [0.25, 0.3) is 10.0 Å². The molecule has 0 fully saturated rings. The Labute approximate surface area is 138 Å². The molecule has 0 aliphatic carbocycles. The number of benzene rings is 1. The fraction of sp³-hybridized carbons (Fsp3) is 0.231. The first kappa shape index (κ1) is 16.6. The summed E-state index contributed by atoms with van der Waals surface area (Å²) in [6.07, 6.45) is 0. The van der Waals surface area contributed by atoms with Gasteiger partial charge in [-0.05, 0) is 30.8 Å². The molecule has 0 aliphatic rings. The van der Waals surface area contributed by atoms with Crippen LogP contribution < -0.4 is 10.0 Å². The van der Waals surface area contributed by atoms with Crippen molar-refractivity contribution in [2.24, 2.45) is 0 Å². The lowest BCUT2D eigenvalue weighted by atomic mass is 10.3. The minimum atomic E-state index is -3.62. The molecule has 0 radical (unpaired) electrons. The zero-order valence-electron chi connectivity index (χ0n) is 11.2. The van der Waals surface area contributed by atoms with Crippen LogP contribution in [0.25, 0.3) is 0 Å². The average molecular weight is 365 g/mol. The Balaban J connectivity index is 2.17. The van der Waals surface area contributed by atoms with E-state index in [4.69, 9.17) is 23.2 Å². The van der Waals surface area contributed by atoms with Crippen LogP contribution >= 0.6 is 34.5 Å². The molecular formula is C13H14Cl2N2O2S2. The summed E-state index contributed by atoms with van der Waals surface area (Å²) in [4.78, 5) is 1.21. The van der Waals surface area contributed by atoms with Crippen LogP contribution in [-0.2, 0) is 16.6 Å². The second-order valence-corrected chi connectivity index (χ2v) is 7.76. The van der Waals surface area contributed by atoms with Gasteiger partial charge in [0.15, 0.2) is 0 Å². The molecule has 0 atom stereocenters. The summed E-state index contributed by atoms with van der Waals surface area (Å²) >= 11 is 13.1. The van der Waals surface area contributed by atoms with Crippen LogP contribution in [0.4, 0.5) is 5.69 Å². The molecule has 1 heterocycles. The standard InChI is InChI=1S/C13H14Cl2N2O2S2/c1-2-16-7-10-6-11(8-20-10)21(18,19)17-9-3-4-12(14)13(15)5-9/h3-6,8,16-17H,2,7H2,1H3. The van der Waals surface area contributed by atoms with E-state index < -0.39 is 10.0 Å². The van der Waals surface area contributed by atoms with E-state index in [2.05, 4.69) is 10.0 Å². The molecule has 0 aliphatic heterocycles. The van der Waals surface area contributed by atoms with Gasteiger partial charge in [0.05, 0.1) is 20.6 Å². The van der Waals surface area contributed by atoms with Gasteiger partial charge < -0.3 is 5.32 Å². The normalized spacial score (nSPS) is 11.6. The molecular weight excluding hydrogens is 351 g/mol. The number of hydrogen-bond acceptors (Lipinski definition) is 4. The fourth-order valence-corrected chi connectivity index (χ4v) is 4.21. The Bertz CT molecular complexity index is 730. The molecule has 2 aromatic rings. The summed E-state index contributed by atoms with van der Waals surface area (Å²) < 4.78 is 27.1. The monoisotopic (exact) mass is 364 g/mol. The van der Waals surface area contributed by atoms with Crippen molar-refractivity contribution < 1.29 is 8.42 Å². The summed E-state index contributed by atoms with van der Waals surface area (Å²) in [5, 5.41) is 5.45. The van der Waals surface area contributed by atoms with Gasteiger partial charge >= 0.3 is 0 Å². The van der Waals surface area contributed by atoms with Crippen LogP contribution in [-0.4, -0.2) is 15.0 Å². The highest BCUT2D eigenvalue weighted by Gasteiger charge is 2.16. The van der Waals surface area contributed by atoms with Gasteiger partial charge in [-0.25, -0.2) is 8.42 Å². The van der Waals surface area contributed by atoms with Gasteiger partial charge in [-0.1, -0.05) is 30.1 Å². The maximum atomic E-state index is 12.3. The van der Waals surface area contributed by atoms with Crippen molar-refractivity contribution in [1.29, 1.82) is 0 Å². The molecule has 8 heteroatoms. The second-order valence-electron chi connectivity index (χ2n) is 4.26. The zero-order chi connectivity index (χ0) is 15.5. The van der Waals surface area contributed by atoms with Crippen LogP contribution in [0.1, 0.15) is 11.8 Å². The maximum absolute atomic E-state index is 12.3. The smallest absolute Gasteiger partial charge is 0.262 e. The molecule has 1 aromatic carbocycles. The van der Waals surface area contributed by atoms with E-state index in [9.17, 15) is 8.42 Å². The summed E-state index contributed by atoms with van der Waals surface area (Å²) in [5.74, 6) is 0. The SMILES string of the molecule is CCNCc1cc(S(=O)(=O)Nc2ccc(Cl)c(Cl)c2)cs1. The third-order valence-electron chi connectivity index (χ3n) is 2.66. The molecule has 0 saturated heterocycles. The van der Waals surface area contributed by atoms with Crippen LogP contribution in [0.3, 0.4) is 0 Å². The molecule has 2 N–H and O–H groups in total. The van der Waals surface area contributed by atoms with Gasteiger partial charge in [-0.3, -0.25) is 4.72 Å². The number of hydrogen-bond donors (Lipinski definition) is 2. The summed E-state index contributed by atoms with van der Waals surface area (Å²) in [6.45, 7) is 3.49. The van der Waals surface area contributed by atoms with Gasteiger partial charge in [-0.15, -0.1) is 11.3 Å². The van der Waals surface area contributed by atoms with Crippen molar-refractivity contribution in [3.05, 3.63) is 44.6 Å². The molecule has 2 rings (SSSR count). The number of sulfonamides is 1. The van der Waals surface area contributed by atoms with Crippen LogP contribution in [0.15, 0.2) is 34.5 Å². The number of halogens is 2. The van der Waals surface area contributed by atoms with Crippen molar-refractivity contribution >= 4 is 50.2 Å². The van der Waals surface area contributed by atoms with Gasteiger partial charge in [-0.2, -0.15) is 0 Å². The Morgan fingerprint density at radius 2 is 1.95 bits per heavy atom. The van der Waals surface area contributed by atoms with Crippen LogP contribution in [0.2, 0.25) is 10.0 Å². The Hall–Kier alpha value is -0.790. The van der Waals surface area contributed by atoms with Crippen molar-refractivity contribution in [3.8, 4) is 0 Å². The zero-order valence-corrected chi connectivity index (χ0v) is 14.3. The Morgan fingerprint density at radius 1 is 1.19 bits per heavy atom. The molecule has 21 heavy (non-hydrogen) atoms.